The van der Waals surface area contributed by atoms with Crippen molar-refractivity contribution in [2.75, 3.05) is 26.0 Å². The number of anilines is 1. The minimum Gasteiger partial charge on any atom is -0.465 e. The Kier molecular flexibility index (Phi) is 5.84. The summed E-state index contributed by atoms with van der Waals surface area (Å²) in [7, 11) is 2.74. The van der Waals surface area contributed by atoms with Crippen molar-refractivity contribution >= 4 is 23.5 Å². The molecule has 0 fully saturated rings. The second-order valence-corrected chi connectivity index (χ2v) is 5.29. The first-order valence-electron chi connectivity index (χ1n) is 7.40. The maximum Gasteiger partial charge on any atom is 0.337 e. The van der Waals surface area contributed by atoms with Gasteiger partial charge in [0.25, 0.3) is 5.91 Å². The van der Waals surface area contributed by atoms with E-state index in [-0.39, 0.29) is 12.5 Å². The van der Waals surface area contributed by atoms with Gasteiger partial charge >= 0.3 is 5.97 Å². The molecular formula is C18H17FN2O4. The number of methoxy groups -OCH3 is 1. The number of halogens is 1. The van der Waals surface area contributed by atoms with Gasteiger partial charge in [0.15, 0.2) is 0 Å². The number of benzene rings is 2. The summed E-state index contributed by atoms with van der Waals surface area (Å²) in [6.07, 6.45) is 0. The zero-order chi connectivity index (χ0) is 18.4. The van der Waals surface area contributed by atoms with E-state index in [4.69, 9.17) is 0 Å². The molecule has 0 aliphatic carbocycles. The topological polar surface area (TPSA) is 75.7 Å². The predicted molar refractivity (Wildman–Crippen MR) is 89.8 cm³/mol. The highest BCUT2D eigenvalue weighted by atomic mass is 19.1. The molecule has 2 rings (SSSR count). The average Bonchev–Trinajstić information content (AvgIpc) is 2.60. The van der Waals surface area contributed by atoms with Crippen LogP contribution in [0, 0.1) is 5.82 Å². The number of carbonyl (C=O) groups is 3. The molecule has 7 heteroatoms. The first-order chi connectivity index (χ1) is 11.9. The van der Waals surface area contributed by atoms with Crippen molar-refractivity contribution in [3.8, 4) is 0 Å². The van der Waals surface area contributed by atoms with Crippen molar-refractivity contribution in [3.05, 3.63) is 65.5 Å². The second-order valence-electron chi connectivity index (χ2n) is 5.29. The third-order valence-corrected chi connectivity index (χ3v) is 3.39. The second kappa shape index (κ2) is 8.05. The Morgan fingerprint density at radius 2 is 1.72 bits per heavy atom. The molecule has 130 valence electrons. The van der Waals surface area contributed by atoms with E-state index < -0.39 is 17.7 Å². The molecule has 25 heavy (non-hydrogen) atoms. The molecule has 0 unspecified atom stereocenters. The molecular weight excluding hydrogens is 327 g/mol. The number of esters is 1. The fraction of sp³-hybridized carbons (Fsp3) is 0.167. The summed E-state index contributed by atoms with van der Waals surface area (Å²) in [6.45, 7) is -0.200. The van der Waals surface area contributed by atoms with Crippen molar-refractivity contribution in [2.45, 2.75) is 0 Å². The summed E-state index contributed by atoms with van der Waals surface area (Å²) >= 11 is 0. The Labute approximate surface area is 144 Å². The number of nitrogens with zero attached hydrogens (tertiary/aromatic N) is 1. The van der Waals surface area contributed by atoms with Crippen LogP contribution < -0.4 is 5.32 Å². The van der Waals surface area contributed by atoms with E-state index in [1.54, 1.807) is 6.07 Å². The molecule has 0 bridgehead atoms. The van der Waals surface area contributed by atoms with Gasteiger partial charge in [-0.25, -0.2) is 9.18 Å². The molecule has 0 saturated carbocycles. The van der Waals surface area contributed by atoms with Crippen molar-refractivity contribution in [2.24, 2.45) is 0 Å². The molecule has 0 spiro atoms. The number of rotatable bonds is 5. The minimum atomic E-state index is -0.498. The molecule has 2 aromatic rings. The molecule has 0 aromatic heterocycles. The SMILES string of the molecule is COC(=O)c1ccc(C(=O)N(C)CC(=O)Nc2cccc(F)c2)cc1. The summed E-state index contributed by atoms with van der Waals surface area (Å²) in [4.78, 5) is 36.9. The van der Waals surface area contributed by atoms with Gasteiger partial charge in [-0.1, -0.05) is 6.07 Å². The van der Waals surface area contributed by atoms with E-state index in [9.17, 15) is 18.8 Å². The number of hydrogen-bond donors (Lipinski definition) is 1. The van der Waals surface area contributed by atoms with Crippen molar-refractivity contribution in [1.82, 2.24) is 4.90 Å². The van der Waals surface area contributed by atoms with Crippen LogP contribution in [-0.4, -0.2) is 43.4 Å². The van der Waals surface area contributed by atoms with Crippen LogP contribution in [0.15, 0.2) is 48.5 Å². The lowest BCUT2D eigenvalue weighted by molar-refractivity contribution is -0.116. The Hall–Kier alpha value is -3.22. The minimum absolute atomic E-state index is 0.200. The van der Waals surface area contributed by atoms with Crippen LogP contribution in [-0.2, 0) is 9.53 Å². The zero-order valence-electron chi connectivity index (χ0n) is 13.8. The van der Waals surface area contributed by atoms with Crippen LogP contribution >= 0.6 is 0 Å². The lowest BCUT2D eigenvalue weighted by Gasteiger charge is -2.17. The molecule has 0 saturated heterocycles. The van der Waals surface area contributed by atoms with Crippen LogP contribution in [0.1, 0.15) is 20.7 Å². The fourth-order valence-corrected chi connectivity index (χ4v) is 2.14. The van der Waals surface area contributed by atoms with Crippen molar-refractivity contribution in [3.63, 3.8) is 0 Å². The molecule has 0 radical (unpaired) electrons. The van der Waals surface area contributed by atoms with E-state index in [2.05, 4.69) is 10.1 Å². The van der Waals surface area contributed by atoms with Gasteiger partial charge in [0.2, 0.25) is 5.91 Å². The van der Waals surface area contributed by atoms with Gasteiger partial charge in [-0.05, 0) is 42.5 Å². The third kappa shape index (κ3) is 4.87. The van der Waals surface area contributed by atoms with Gasteiger partial charge in [-0.3, -0.25) is 9.59 Å². The summed E-state index contributed by atoms with van der Waals surface area (Å²) in [5.74, 6) is -1.80. The van der Waals surface area contributed by atoms with E-state index >= 15 is 0 Å². The van der Waals surface area contributed by atoms with Gasteiger partial charge < -0.3 is 15.0 Å². The summed E-state index contributed by atoms with van der Waals surface area (Å²) in [5, 5.41) is 2.52. The quantitative estimate of drug-likeness (QED) is 0.845. The third-order valence-electron chi connectivity index (χ3n) is 3.39. The highest BCUT2D eigenvalue weighted by Crippen LogP contribution is 2.10. The maximum atomic E-state index is 13.1. The Bertz CT molecular complexity index is 790. The van der Waals surface area contributed by atoms with E-state index in [0.29, 0.717) is 16.8 Å². The van der Waals surface area contributed by atoms with E-state index in [1.807, 2.05) is 0 Å². The van der Waals surface area contributed by atoms with Gasteiger partial charge in [-0.15, -0.1) is 0 Å². The highest BCUT2D eigenvalue weighted by Gasteiger charge is 2.16. The zero-order valence-corrected chi connectivity index (χ0v) is 13.8. The number of likely N-dealkylation sites (N-methyl/N-ethyl adjacent to an activating group) is 1. The molecule has 6 nitrogen and oxygen atoms in total. The van der Waals surface area contributed by atoms with E-state index in [1.165, 1.54) is 61.5 Å². The Balaban J connectivity index is 1.97. The normalized spacial score (nSPS) is 10.0. The largest absolute Gasteiger partial charge is 0.465 e. The predicted octanol–water partition coefficient (Wildman–Crippen LogP) is 2.32. The monoisotopic (exact) mass is 344 g/mol. The first-order valence-corrected chi connectivity index (χ1v) is 7.40. The summed E-state index contributed by atoms with van der Waals surface area (Å²) in [6, 6.07) is 11.4. The smallest absolute Gasteiger partial charge is 0.337 e. The number of amides is 2. The maximum absolute atomic E-state index is 13.1. The molecule has 0 aliphatic heterocycles. The van der Waals surface area contributed by atoms with Gasteiger partial charge in [0, 0.05) is 18.3 Å². The number of carbonyl (C=O) groups excluding carboxylic acids is 3. The lowest BCUT2D eigenvalue weighted by Crippen LogP contribution is -2.34. The molecule has 2 aromatic carbocycles. The van der Waals surface area contributed by atoms with Crippen LogP contribution in [0.3, 0.4) is 0 Å². The molecule has 0 atom stereocenters. The van der Waals surface area contributed by atoms with Crippen molar-refractivity contribution < 1.29 is 23.5 Å². The van der Waals surface area contributed by atoms with Crippen LogP contribution in [0.2, 0.25) is 0 Å². The van der Waals surface area contributed by atoms with Gasteiger partial charge in [0.05, 0.1) is 19.2 Å². The Morgan fingerprint density at radius 3 is 2.32 bits per heavy atom. The van der Waals surface area contributed by atoms with Gasteiger partial charge in [0.1, 0.15) is 5.82 Å². The fourth-order valence-electron chi connectivity index (χ4n) is 2.14. The number of ether oxygens (including phenoxy) is 1. The van der Waals surface area contributed by atoms with Crippen LogP contribution in [0.25, 0.3) is 0 Å². The van der Waals surface area contributed by atoms with Crippen LogP contribution in [0.5, 0.6) is 0 Å². The van der Waals surface area contributed by atoms with Crippen LogP contribution in [0.4, 0.5) is 10.1 Å². The Morgan fingerprint density at radius 1 is 1.08 bits per heavy atom. The summed E-state index contributed by atoms with van der Waals surface area (Å²) in [5.41, 5.74) is 0.965. The average molecular weight is 344 g/mol. The molecule has 1 N–H and O–H groups in total. The number of nitrogens with one attached hydrogen (secondary N) is 1. The van der Waals surface area contributed by atoms with Crippen molar-refractivity contribution in [1.29, 1.82) is 0 Å². The highest BCUT2D eigenvalue weighted by molar-refractivity contribution is 6.00. The summed E-state index contributed by atoms with van der Waals surface area (Å²) < 4.78 is 17.7. The van der Waals surface area contributed by atoms with Gasteiger partial charge in [-0.2, -0.15) is 0 Å². The first kappa shape index (κ1) is 18.1. The molecule has 0 heterocycles. The lowest BCUT2D eigenvalue weighted by atomic mass is 10.1. The number of hydrogen-bond acceptors (Lipinski definition) is 4. The van der Waals surface area contributed by atoms with E-state index in [0.717, 1.165) is 0 Å². The molecule has 0 aliphatic rings. The molecule has 2 amide bonds. The standard InChI is InChI=1S/C18H17FN2O4/c1-21(11-16(22)20-15-5-3-4-14(19)10-15)17(23)12-6-8-13(9-7-12)18(24)25-2/h3-10H,11H2,1-2H3,(H,20,22).